The number of hydrogen-bond acceptors (Lipinski definition) is 7. The van der Waals surface area contributed by atoms with Crippen LogP contribution in [0.25, 0.3) is 27.5 Å². The lowest BCUT2D eigenvalue weighted by molar-refractivity contribution is 0.230. The van der Waals surface area contributed by atoms with Crippen molar-refractivity contribution >= 4 is 16.3 Å². The molecule has 0 bridgehead atoms. The van der Waals surface area contributed by atoms with Crippen LogP contribution in [0.15, 0.2) is 55.1 Å². The molecule has 1 unspecified atom stereocenters. The minimum atomic E-state index is -0.310. The van der Waals surface area contributed by atoms with Crippen LogP contribution < -0.4 is 10.1 Å². The molecule has 180 valence electrons. The maximum absolute atomic E-state index is 9.72. The molecule has 0 aliphatic carbocycles. The molecule has 1 aliphatic heterocycles. The van der Waals surface area contributed by atoms with Crippen molar-refractivity contribution in [2.45, 2.75) is 38.8 Å². The molecule has 0 saturated carbocycles. The van der Waals surface area contributed by atoms with Crippen LogP contribution in [-0.2, 0) is 0 Å². The number of hydrogen-bond donors (Lipinski definition) is 1. The van der Waals surface area contributed by atoms with Crippen molar-refractivity contribution in [3.63, 3.8) is 0 Å². The van der Waals surface area contributed by atoms with Gasteiger partial charge in [-0.2, -0.15) is 10.4 Å². The molecule has 6 rings (SSSR count). The monoisotopic (exact) mass is 478 g/mol. The summed E-state index contributed by atoms with van der Waals surface area (Å²) in [4.78, 5) is 4.41. The number of pyridine rings is 2. The highest BCUT2D eigenvalue weighted by Gasteiger charge is 2.23. The Morgan fingerprint density at radius 1 is 1.17 bits per heavy atom. The zero-order valence-electron chi connectivity index (χ0n) is 20.2. The summed E-state index contributed by atoms with van der Waals surface area (Å²) in [6, 6.07) is 12.6. The number of nitriles is 1. The van der Waals surface area contributed by atoms with Gasteiger partial charge in [0, 0.05) is 35.1 Å². The highest BCUT2D eigenvalue weighted by Crippen LogP contribution is 2.35. The van der Waals surface area contributed by atoms with Crippen molar-refractivity contribution in [2.75, 3.05) is 13.1 Å². The van der Waals surface area contributed by atoms with Crippen molar-refractivity contribution in [1.82, 2.24) is 34.9 Å². The number of nitrogens with zero attached hydrogens (tertiary/aromatic N) is 7. The Morgan fingerprint density at radius 3 is 2.83 bits per heavy atom. The third-order valence-electron chi connectivity index (χ3n) is 6.99. The molecule has 1 aromatic carbocycles. The first-order chi connectivity index (χ1) is 17.6. The second-order valence-corrected chi connectivity index (χ2v) is 9.22. The predicted octanol–water partition coefficient (Wildman–Crippen LogP) is 4.39. The Morgan fingerprint density at radius 2 is 2.00 bits per heavy atom. The van der Waals surface area contributed by atoms with Gasteiger partial charge in [-0.1, -0.05) is 29.5 Å². The van der Waals surface area contributed by atoms with E-state index in [1.807, 2.05) is 54.5 Å². The van der Waals surface area contributed by atoms with Gasteiger partial charge in [0.1, 0.15) is 34.7 Å². The Bertz CT molecular complexity index is 1600. The van der Waals surface area contributed by atoms with Crippen LogP contribution in [0.4, 0.5) is 0 Å². The number of benzene rings is 1. The molecule has 9 nitrogen and oxygen atoms in total. The Hall–Kier alpha value is -4.29. The van der Waals surface area contributed by atoms with Crippen LogP contribution in [0, 0.1) is 18.3 Å². The van der Waals surface area contributed by atoms with E-state index in [0.29, 0.717) is 22.9 Å². The molecule has 0 amide bonds. The van der Waals surface area contributed by atoms with Gasteiger partial charge in [-0.3, -0.25) is 4.98 Å². The first kappa shape index (κ1) is 22.2. The maximum atomic E-state index is 9.72. The number of nitrogens with one attached hydrogen (secondary N) is 1. The first-order valence-corrected chi connectivity index (χ1v) is 12.2. The lowest BCUT2D eigenvalue weighted by Gasteiger charge is -2.23. The molecule has 36 heavy (non-hydrogen) atoms. The Balaban J connectivity index is 1.43. The largest absolute Gasteiger partial charge is 0.484 e. The molecule has 1 fully saturated rings. The van der Waals surface area contributed by atoms with E-state index < -0.39 is 0 Å². The molecule has 4 aromatic heterocycles. The van der Waals surface area contributed by atoms with Crippen molar-refractivity contribution in [3.05, 3.63) is 71.9 Å². The molecular weight excluding hydrogens is 452 g/mol. The lowest BCUT2D eigenvalue weighted by Crippen LogP contribution is -2.30. The third kappa shape index (κ3) is 3.76. The van der Waals surface area contributed by atoms with Gasteiger partial charge in [-0.05, 0) is 51.2 Å². The summed E-state index contributed by atoms with van der Waals surface area (Å²) in [5, 5.41) is 28.7. The summed E-state index contributed by atoms with van der Waals surface area (Å²) in [7, 11) is 0. The maximum Gasteiger partial charge on any atom is 0.148 e. The SMILES string of the molecule is Cc1c(-c2cc(OC(C)c3cncc4ccccc34)c3c(C#N)cnn3c2)nnn1C1CCNCC1. The van der Waals surface area contributed by atoms with Gasteiger partial charge in [-0.15, -0.1) is 5.10 Å². The van der Waals surface area contributed by atoms with Crippen molar-refractivity contribution in [3.8, 4) is 23.1 Å². The summed E-state index contributed by atoms with van der Waals surface area (Å²) >= 11 is 0. The molecule has 5 heterocycles. The van der Waals surface area contributed by atoms with Crippen LogP contribution in [0.1, 0.15) is 48.7 Å². The van der Waals surface area contributed by atoms with Crippen LogP contribution in [-0.4, -0.2) is 42.7 Å². The summed E-state index contributed by atoms with van der Waals surface area (Å²) in [6.45, 7) is 6.01. The zero-order valence-corrected chi connectivity index (χ0v) is 20.2. The topological polar surface area (TPSA) is 106 Å². The smallest absolute Gasteiger partial charge is 0.148 e. The van der Waals surface area contributed by atoms with Crippen LogP contribution in [0.2, 0.25) is 0 Å². The van der Waals surface area contributed by atoms with Crippen LogP contribution in [0.3, 0.4) is 0 Å². The lowest BCUT2D eigenvalue weighted by atomic mass is 10.0. The van der Waals surface area contributed by atoms with E-state index in [4.69, 9.17) is 4.74 Å². The van der Waals surface area contributed by atoms with Gasteiger partial charge in [0.25, 0.3) is 0 Å². The Labute approximate surface area is 208 Å². The number of piperidine rings is 1. The van der Waals surface area contributed by atoms with Crippen LogP contribution in [0.5, 0.6) is 5.75 Å². The molecule has 1 saturated heterocycles. The van der Waals surface area contributed by atoms with Gasteiger partial charge < -0.3 is 10.1 Å². The molecule has 0 spiro atoms. The molecule has 5 aromatic rings. The zero-order chi connectivity index (χ0) is 24.6. The van der Waals surface area contributed by atoms with E-state index in [-0.39, 0.29) is 6.10 Å². The van der Waals surface area contributed by atoms with E-state index in [0.717, 1.165) is 59.2 Å². The average molecular weight is 479 g/mol. The Kier molecular flexibility index (Phi) is 5.58. The highest BCUT2D eigenvalue weighted by atomic mass is 16.5. The molecule has 1 aliphatic rings. The number of aromatic nitrogens is 6. The fourth-order valence-corrected chi connectivity index (χ4v) is 5.11. The molecule has 1 N–H and O–H groups in total. The fraction of sp³-hybridized carbons (Fsp3) is 0.296. The van der Waals surface area contributed by atoms with Gasteiger partial charge in [0.05, 0.1) is 17.9 Å². The van der Waals surface area contributed by atoms with Crippen molar-refractivity contribution < 1.29 is 4.74 Å². The summed E-state index contributed by atoms with van der Waals surface area (Å²) in [5.74, 6) is 0.567. The normalized spacial score (nSPS) is 15.2. The number of ether oxygens (including phenoxy) is 1. The quantitative estimate of drug-likeness (QED) is 0.399. The van der Waals surface area contributed by atoms with E-state index in [1.165, 1.54) is 0 Å². The van der Waals surface area contributed by atoms with E-state index in [1.54, 1.807) is 10.7 Å². The second-order valence-electron chi connectivity index (χ2n) is 9.22. The average Bonchev–Trinajstić information content (AvgIpc) is 3.52. The van der Waals surface area contributed by atoms with Gasteiger partial charge >= 0.3 is 0 Å². The van der Waals surface area contributed by atoms with Crippen molar-refractivity contribution in [2.24, 2.45) is 0 Å². The third-order valence-corrected chi connectivity index (χ3v) is 6.99. The van der Waals surface area contributed by atoms with Crippen LogP contribution >= 0.6 is 0 Å². The fourth-order valence-electron chi connectivity index (χ4n) is 5.11. The number of fused-ring (bicyclic) bond motifs is 2. The summed E-state index contributed by atoms with van der Waals surface area (Å²) < 4.78 is 10.3. The van der Waals surface area contributed by atoms with E-state index in [2.05, 4.69) is 44.8 Å². The molecular formula is C27H26N8O. The summed E-state index contributed by atoms with van der Waals surface area (Å²) in [5.41, 5.74) is 4.69. The minimum Gasteiger partial charge on any atom is -0.484 e. The standard InChI is InChI=1S/C27H26N8O/c1-17-26(32-33-35(17)22-7-9-29-10-8-22)20-11-25(27-21(12-28)14-31-34(27)16-20)36-18(2)24-15-30-13-19-5-3-4-6-23(19)24/h3-6,11,13-16,18,22,29H,7-10H2,1-2H3. The summed E-state index contributed by atoms with van der Waals surface area (Å²) in [6.07, 6.45) is 8.88. The molecule has 1 atom stereocenters. The molecule has 9 heteroatoms. The van der Waals surface area contributed by atoms with Gasteiger partial charge in [0.15, 0.2) is 0 Å². The first-order valence-electron chi connectivity index (χ1n) is 12.2. The van der Waals surface area contributed by atoms with E-state index in [9.17, 15) is 5.26 Å². The highest BCUT2D eigenvalue weighted by molar-refractivity contribution is 5.85. The number of rotatable bonds is 5. The predicted molar refractivity (Wildman–Crippen MR) is 136 cm³/mol. The molecule has 0 radical (unpaired) electrons. The second kappa shape index (κ2) is 9.06. The van der Waals surface area contributed by atoms with E-state index >= 15 is 0 Å². The minimum absolute atomic E-state index is 0.310. The van der Waals surface area contributed by atoms with Gasteiger partial charge in [-0.25, -0.2) is 9.20 Å². The van der Waals surface area contributed by atoms with Crippen molar-refractivity contribution in [1.29, 1.82) is 5.26 Å². The van der Waals surface area contributed by atoms with Gasteiger partial charge in [0.2, 0.25) is 0 Å².